The smallest absolute Gasteiger partial charge is 0.416 e. The van der Waals surface area contributed by atoms with E-state index in [0.717, 1.165) is 4.90 Å². The molecule has 0 aromatic heterocycles. The fourth-order valence-corrected chi connectivity index (χ4v) is 8.16. The Morgan fingerprint density at radius 2 is 1.48 bits per heavy atom. The van der Waals surface area contributed by atoms with Gasteiger partial charge in [-0.05, 0) is 54.7 Å². The second-order valence-corrected chi connectivity index (χ2v) is 12.6. The van der Waals surface area contributed by atoms with Gasteiger partial charge in [-0.2, -0.15) is 26.3 Å². The molecule has 15 heteroatoms. The average Bonchev–Trinajstić information content (AvgIpc) is 3.26. The first-order valence-electron chi connectivity index (χ1n) is 13.2. The summed E-state index contributed by atoms with van der Waals surface area (Å²) in [6.45, 7) is 0. The lowest BCUT2D eigenvalue weighted by Crippen LogP contribution is -2.60. The SMILES string of the molecule is CN1C(=O)[C@]2(Cl)C[C@@H]3C(=CC[C@@H]4C(=O)N(c5cc(C(F)(F)F)cc(C(F)(F)F)c5)C(=O)[C@@H]43)[C@H](c3cccc(O)c3)[C@]2(Cl)C1=O. The van der Waals surface area contributed by atoms with Crippen LogP contribution in [0.2, 0.25) is 0 Å². The van der Waals surface area contributed by atoms with E-state index in [2.05, 4.69) is 0 Å². The van der Waals surface area contributed by atoms with E-state index < -0.39 is 92.6 Å². The summed E-state index contributed by atoms with van der Waals surface area (Å²) in [6.07, 6.45) is -9.51. The Hall–Kier alpha value is -3.58. The summed E-state index contributed by atoms with van der Waals surface area (Å²) in [5, 5.41) is 10.2. The van der Waals surface area contributed by atoms with Gasteiger partial charge in [-0.15, -0.1) is 23.2 Å². The summed E-state index contributed by atoms with van der Waals surface area (Å²) in [5.41, 5.74) is -3.72. The van der Waals surface area contributed by atoms with Gasteiger partial charge in [0, 0.05) is 13.0 Å². The number of carbonyl (C=O) groups excluding carboxylic acids is 4. The van der Waals surface area contributed by atoms with E-state index in [1.54, 1.807) is 6.08 Å². The van der Waals surface area contributed by atoms with Crippen molar-refractivity contribution in [1.29, 1.82) is 0 Å². The minimum atomic E-state index is -5.22. The lowest BCUT2D eigenvalue weighted by atomic mass is 9.56. The molecular weight excluding hydrogens is 641 g/mol. The van der Waals surface area contributed by atoms with Crippen molar-refractivity contribution in [2.24, 2.45) is 17.8 Å². The van der Waals surface area contributed by atoms with Gasteiger partial charge in [0.1, 0.15) is 5.75 Å². The number of halogens is 8. The third kappa shape index (κ3) is 4.04. The number of nitrogens with zero attached hydrogens (tertiary/aromatic N) is 2. The highest BCUT2D eigenvalue weighted by Gasteiger charge is 2.76. The summed E-state index contributed by atoms with van der Waals surface area (Å²) in [4.78, 5) is 51.2. The fraction of sp³-hybridized carbons (Fsp3) is 0.379. The van der Waals surface area contributed by atoms with Crippen molar-refractivity contribution in [2.45, 2.75) is 40.9 Å². The Labute approximate surface area is 255 Å². The standard InChI is InChI=1S/C29H20Cl2F6N2O5/c1-38-24(43)26(30)11-19-17(21(27(26,31)25(38)44)12-3-2-4-16(40)7-12)5-6-18-20(19)23(42)39(22(18)41)15-9-13(28(32,33)34)8-14(10-15)29(35,36)37/h2-5,7-10,18-21,40H,6,11H2,1H3/t18-,19+,20-,21-,26+,27-/m0/s1. The Balaban J connectivity index is 1.50. The van der Waals surface area contributed by atoms with Crippen LogP contribution in [-0.4, -0.2) is 50.4 Å². The van der Waals surface area contributed by atoms with Crippen molar-refractivity contribution in [3.8, 4) is 5.75 Å². The number of phenols is 1. The van der Waals surface area contributed by atoms with Crippen molar-refractivity contribution in [3.05, 3.63) is 70.8 Å². The number of rotatable bonds is 2. The third-order valence-electron chi connectivity index (χ3n) is 9.05. The molecule has 0 bridgehead atoms. The Morgan fingerprint density at radius 3 is 2.05 bits per heavy atom. The number of allylic oxidation sites excluding steroid dienone is 2. The van der Waals surface area contributed by atoms with Gasteiger partial charge >= 0.3 is 12.4 Å². The molecule has 232 valence electrons. The van der Waals surface area contributed by atoms with Gasteiger partial charge in [-0.25, -0.2) is 4.90 Å². The molecule has 44 heavy (non-hydrogen) atoms. The number of hydrogen-bond acceptors (Lipinski definition) is 5. The second kappa shape index (κ2) is 9.46. The van der Waals surface area contributed by atoms with Gasteiger partial charge in [0.2, 0.25) is 11.8 Å². The lowest BCUT2D eigenvalue weighted by molar-refractivity contribution is -0.143. The summed E-state index contributed by atoms with van der Waals surface area (Å²) in [7, 11) is 1.18. The maximum Gasteiger partial charge on any atom is 0.416 e. The Kier molecular flexibility index (Phi) is 6.55. The van der Waals surface area contributed by atoms with E-state index in [4.69, 9.17) is 23.2 Å². The first-order valence-corrected chi connectivity index (χ1v) is 13.9. The maximum atomic E-state index is 13.9. The van der Waals surface area contributed by atoms with Gasteiger partial charge in [0.25, 0.3) is 11.8 Å². The average molecular weight is 661 g/mol. The van der Waals surface area contributed by atoms with Crippen molar-refractivity contribution in [3.63, 3.8) is 0 Å². The topological polar surface area (TPSA) is 95.0 Å². The minimum Gasteiger partial charge on any atom is -0.508 e. The van der Waals surface area contributed by atoms with Crippen LogP contribution in [0.25, 0.3) is 0 Å². The molecule has 6 atom stereocenters. The number of amides is 4. The summed E-state index contributed by atoms with van der Waals surface area (Å²) >= 11 is 14.0. The monoisotopic (exact) mass is 660 g/mol. The predicted molar refractivity (Wildman–Crippen MR) is 143 cm³/mol. The number of imide groups is 2. The van der Waals surface area contributed by atoms with E-state index in [9.17, 15) is 50.6 Å². The Morgan fingerprint density at radius 1 is 0.864 bits per heavy atom. The van der Waals surface area contributed by atoms with E-state index >= 15 is 0 Å². The molecule has 1 saturated carbocycles. The van der Waals surface area contributed by atoms with Crippen LogP contribution in [0.5, 0.6) is 5.75 Å². The highest BCUT2D eigenvalue weighted by Crippen LogP contribution is 2.65. The van der Waals surface area contributed by atoms with Crippen molar-refractivity contribution in [2.75, 3.05) is 11.9 Å². The molecule has 2 heterocycles. The molecule has 0 radical (unpaired) electrons. The summed E-state index contributed by atoms with van der Waals surface area (Å²) < 4.78 is 81.6. The molecule has 4 aliphatic rings. The Bertz CT molecular complexity index is 1660. The minimum absolute atomic E-state index is 0.112. The van der Waals surface area contributed by atoms with Crippen molar-refractivity contribution >= 4 is 52.5 Å². The molecule has 1 N–H and O–H groups in total. The van der Waals surface area contributed by atoms with Crippen molar-refractivity contribution < 1.29 is 50.6 Å². The number of anilines is 1. The number of phenolic OH excluding ortho intramolecular Hbond substituents is 1. The number of aromatic hydroxyl groups is 1. The van der Waals surface area contributed by atoms with Crippen LogP contribution in [0.3, 0.4) is 0 Å². The zero-order chi connectivity index (χ0) is 32.3. The van der Waals surface area contributed by atoms with Crippen LogP contribution in [0.4, 0.5) is 32.0 Å². The largest absolute Gasteiger partial charge is 0.508 e. The van der Waals surface area contributed by atoms with Crippen molar-refractivity contribution in [1.82, 2.24) is 4.90 Å². The molecule has 7 nitrogen and oxygen atoms in total. The number of hydrogen-bond donors (Lipinski definition) is 1. The zero-order valence-corrected chi connectivity index (χ0v) is 23.9. The van der Waals surface area contributed by atoms with E-state index in [1.165, 1.54) is 31.3 Å². The predicted octanol–water partition coefficient (Wildman–Crippen LogP) is 5.62. The summed E-state index contributed by atoms with van der Waals surface area (Å²) in [5.74, 6) is -8.86. The first-order chi connectivity index (χ1) is 20.3. The first kappa shape index (κ1) is 30.4. The van der Waals surface area contributed by atoms with Crippen LogP contribution in [0, 0.1) is 17.8 Å². The number of benzene rings is 2. The number of likely N-dealkylation sites (tertiary alicyclic amines) is 1. The van der Waals surface area contributed by atoms with Gasteiger partial charge in [-0.3, -0.25) is 24.1 Å². The maximum absolute atomic E-state index is 13.9. The molecule has 2 saturated heterocycles. The lowest BCUT2D eigenvalue weighted by Gasteiger charge is -2.50. The zero-order valence-electron chi connectivity index (χ0n) is 22.3. The van der Waals surface area contributed by atoms with Crippen LogP contribution in [-0.2, 0) is 31.5 Å². The van der Waals surface area contributed by atoms with Crippen LogP contribution in [0.1, 0.15) is 35.4 Å². The molecular formula is C29H20Cl2F6N2O5. The molecule has 6 rings (SSSR count). The van der Waals surface area contributed by atoms with Crippen LogP contribution in [0.15, 0.2) is 54.1 Å². The van der Waals surface area contributed by atoms with Gasteiger partial charge in [0.05, 0.1) is 28.7 Å². The highest BCUT2D eigenvalue weighted by atomic mass is 35.5. The van der Waals surface area contributed by atoms with Gasteiger partial charge < -0.3 is 5.11 Å². The molecule has 2 aliphatic carbocycles. The fourth-order valence-electron chi connectivity index (χ4n) is 7.14. The van der Waals surface area contributed by atoms with Crippen LogP contribution >= 0.6 is 23.2 Å². The quantitative estimate of drug-likeness (QED) is 0.195. The van der Waals surface area contributed by atoms with E-state index in [0.29, 0.717) is 22.6 Å². The molecule has 4 amide bonds. The number of fused-ring (bicyclic) bond motifs is 4. The third-order valence-corrected chi connectivity index (χ3v) is 10.5. The molecule has 2 aromatic carbocycles. The molecule has 2 aliphatic heterocycles. The highest BCUT2D eigenvalue weighted by molar-refractivity contribution is 6.53. The van der Waals surface area contributed by atoms with E-state index in [1.807, 2.05) is 0 Å². The molecule has 0 spiro atoms. The van der Waals surface area contributed by atoms with Crippen LogP contribution < -0.4 is 4.90 Å². The van der Waals surface area contributed by atoms with E-state index in [-0.39, 0.29) is 23.8 Å². The van der Waals surface area contributed by atoms with Gasteiger partial charge in [-0.1, -0.05) is 23.8 Å². The number of carbonyl (C=O) groups is 4. The normalized spacial score (nSPS) is 32.1. The van der Waals surface area contributed by atoms with Gasteiger partial charge in [0.15, 0.2) is 9.75 Å². The molecule has 2 aromatic rings. The molecule has 3 fully saturated rings. The molecule has 0 unspecified atom stereocenters. The number of alkyl halides is 8. The second-order valence-electron chi connectivity index (χ2n) is 11.4. The summed E-state index contributed by atoms with van der Waals surface area (Å²) in [6, 6.07) is 6.11.